The van der Waals surface area contributed by atoms with E-state index < -0.39 is 0 Å². The van der Waals surface area contributed by atoms with Crippen molar-refractivity contribution < 1.29 is 9.90 Å². The molecule has 2 aromatic rings. The lowest BCUT2D eigenvalue weighted by molar-refractivity contribution is 0.0942. The largest absolute Gasteiger partial charge is 0.396 e. The minimum Gasteiger partial charge on any atom is -0.396 e. The lowest BCUT2D eigenvalue weighted by atomic mass is 10.0. The highest BCUT2D eigenvalue weighted by Gasteiger charge is 2.41. The van der Waals surface area contributed by atoms with Crippen LogP contribution in [0.1, 0.15) is 35.3 Å². The molecule has 0 atom stereocenters. The number of para-hydroxylation sites is 1. The van der Waals surface area contributed by atoms with Crippen LogP contribution in [0, 0.1) is 12.3 Å². The number of rotatable bonds is 5. The molecule has 1 aliphatic rings. The standard InChI is InChI=1S/C17H20N2O2/c1-12-10-14(13-4-2-3-5-15(13)19-12)16(21)18-11-17(6-7-17)8-9-20/h2-5,10,20H,6-9,11H2,1H3,(H,18,21). The maximum Gasteiger partial charge on any atom is 0.252 e. The summed E-state index contributed by atoms with van der Waals surface area (Å²) in [5.74, 6) is -0.0547. The van der Waals surface area contributed by atoms with Crippen molar-refractivity contribution in [1.29, 1.82) is 0 Å². The fourth-order valence-electron chi connectivity index (χ4n) is 2.79. The van der Waals surface area contributed by atoms with Crippen LogP contribution in [0.15, 0.2) is 30.3 Å². The lowest BCUT2D eigenvalue weighted by Crippen LogP contribution is -2.31. The third-order valence-corrected chi connectivity index (χ3v) is 4.31. The highest BCUT2D eigenvalue weighted by molar-refractivity contribution is 6.06. The molecule has 0 spiro atoms. The van der Waals surface area contributed by atoms with Gasteiger partial charge in [0, 0.05) is 24.2 Å². The molecule has 110 valence electrons. The molecule has 1 aromatic carbocycles. The Labute approximate surface area is 124 Å². The number of hydrogen-bond donors (Lipinski definition) is 2. The Morgan fingerprint density at radius 1 is 1.38 bits per heavy atom. The number of aliphatic hydroxyl groups is 1. The van der Waals surface area contributed by atoms with Crippen LogP contribution in [0.5, 0.6) is 0 Å². The van der Waals surface area contributed by atoms with Crippen LogP contribution in [0.4, 0.5) is 0 Å². The predicted molar refractivity (Wildman–Crippen MR) is 82.2 cm³/mol. The molecule has 2 N–H and O–H groups in total. The Hall–Kier alpha value is -1.94. The molecule has 1 heterocycles. The van der Waals surface area contributed by atoms with Gasteiger partial charge in [-0.05, 0) is 43.7 Å². The monoisotopic (exact) mass is 284 g/mol. The van der Waals surface area contributed by atoms with Crippen LogP contribution < -0.4 is 5.32 Å². The molecule has 0 unspecified atom stereocenters. The Kier molecular flexibility index (Phi) is 3.64. The summed E-state index contributed by atoms with van der Waals surface area (Å²) >= 11 is 0. The predicted octanol–water partition coefficient (Wildman–Crippen LogP) is 2.44. The molecule has 4 nitrogen and oxygen atoms in total. The molecule has 0 radical (unpaired) electrons. The van der Waals surface area contributed by atoms with Crippen molar-refractivity contribution in [1.82, 2.24) is 10.3 Å². The molecule has 21 heavy (non-hydrogen) atoms. The molecule has 1 aliphatic carbocycles. The quantitative estimate of drug-likeness (QED) is 0.886. The van der Waals surface area contributed by atoms with E-state index in [-0.39, 0.29) is 17.9 Å². The SMILES string of the molecule is Cc1cc(C(=O)NCC2(CCO)CC2)c2ccccc2n1. The number of nitrogens with one attached hydrogen (secondary N) is 1. The average Bonchev–Trinajstić information content (AvgIpc) is 3.24. The van der Waals surface area contributed by atoms with Gasteiger partial charge in [0.05, 0.1) is 11.1 Å². The molecule has 0 aliphatic heterocycles. The van der Waals surface area contributed by atoms with E-state index in [1.54, 1.807) is 0 Å². The second kappa shape index (κ2) is 5.45. The Bertz CT molecular complexity index is 678. The molecule has 1 fully saturated rings. The van der Waals surface area contributed by atoms with Crippen LogP contribution in [-0.4, -0.2) is 29.1 Å². The fourth-order valence-corrected chi connectivity index (χ4v) is 2.79. The fraction of sp³-hybridized carbons (Fsp3) is 0.412. The Morgan fingerprint density at radius 3 is 2.86 bits per heavy atom. The first-order valence-corrected chi connectivity index (χ1v) is 7.39. The van der Waals surface area contributed by atoms with Crippen molar-refractivity contribution in [2.75, 3.05) is 13.2 Å². The number of pyridine rings is 1. The zero-order valence-electron chi connectivity index (χ0n) is 12.2. The van der Waals surface area contributed by atoms with Crippen LogP contribution in [-0.2, 0) is 0 Å². The highest BCUT2D eigenvalue weighted by Crippen LogP contribution is 2.47. The molecule has 1 aromatic heterocycles. The second-order valence-corrected chi connectivity index (χ2v) is 5.98. The van der Waals surface area contributed by atoms with E-state index in [1.165, 1.54) is 0 Å². The number of carbonyl (C=O) groups excluding carboxylic acids is 1. The maximum atomic E-state index is 12.5. The average molecular weight is 284 g/mol. The summed E-state index contributed by atoms with van der Waals surface area (Å²) in [7, 11) is 0. The number of benzene rings is 1. The zero-order valence-corrected chi connectivity index (χ0v) is 12.2. The summed E-state index contributed by atoms with van der Waals surface area (Å²) in [4.78, 5) is 16.9. The number of fused-ring (bicyclic) bond motifs is 1. The first-order valence-electron chi connectivity index (χ1n) is 7.39. The van der Waals surface area contributed by atoms with E-state index in [9.17, 15) is 4.79 Å². The Balaban J connectivity index is 1.81. The summed E-state index contributed by atoms with van der Waals surface area (Å²) in [5.41, 5.74) is 2.50. The number of hydrogen-bond acceptors (Lipinski definition) is 3. The van der Waals surface area contributed by atoms with Crippen LogP contribution in [0.25, 0.3) is 10.9 Å². The molecule has 1 amide bonds. The normalized spacial score (nSPS) is 15.9. The van der Waals surface area contributed by atoms with Crippen molar-refractivity contribution in [3.05, 3.63) is 41.6 Å². The van der Waals surface area contributed by atoms with Crippen molar-refractivity contribution in [2.24, 2.45) is 5.41 Å². The van der Waals surface area contributed by atoms with Gasteiger partial charge in [0.25, 0.3) is 5.91 Å². The molecular formula is C17H20N2O2. The van der Waals surface area contributed by atoms with Gasteiger partial charge in [-0.1, -0.05) is 18.2 Å². The van der Waals surface area contributed by atoms with Crippen molar-refractivity contribution in [2.45, 2.75) is 26.2 Å². The van der Waals surface area contributed by atoms with Crippen molar-refractivity contribution in [3.8, 4) is 0 Å². The Morgan fingerprint density at radius 2 is 2.14 bits per heavy atom. The van der Waals surface area contributed by atoms with Gasteiger partial charge in [-0.15, -0.1) is 0 Å². The zero-order chi connectivity index (χ0) is 14.9. The van der Waals surface area contributed by atoms with Gasteiger partial charge in [-0.25, -0.2) is 0 Å². The van der Waals surface area contributed by atoms with Gasteiger partial charge in [0.1, 0.15) is 0 Å². The number of aryl methyl sites for hydroxylation is 1. The highest BCUT2D eigenvalue weighted by atomic mass is 16.3. The smallest absolute Gasteiger partial charge is 0.252 e. The summed E-state index contributed by atoms with van der Waals surface area (Å²) in [6, 6.07) is 9.54. The molecule has 1 saturated carbocycles. The van der Waals surface area contributed by atoms with Crippen LogP contribution >= 0.6 is 0 Å². The number of aromatic nitrogens is 1. The van der Waals surface area contributed by atoms with Crippen molar-refractivity contribution >= 4 is 16.8 Å². The summed E-state index contributed by atoms with van der Waals surface area (Å²) in [5, 5.41) is 13.0. The van der Waals surface area contributed by atoms with Gasteiger partial charge in [-0.3, -0.25) is 9.78 Å². The number of nitrogens with zero attached hydrogens (tertiary/aromatic N) is 1. The van der Waals surface area contributed by atoms with Gasteiger partial charge in [0.2, 0.25) is 0 Å². The molecular weight excluding hydrogens is 264 g/mol. The number of carbonyl (C=O) groups is 1. The van der Waals surface area contributed by atoms with E-state index in [0.717, 1.165) is 35.9 Å². The molecule has 0 bridgehead atoms. The molecule has 4 heteroatoms. The summed E-state index contributed by atoms with van der Waals surface area (Å²) < 4.78 is 0. The maximum absolute atomic E-state index is 12.5. The third kappa shape index (κ3) is 2.90. The minimum atomic E-state index is -0.0547. The topological polar surface area (TPSA) is 62.2 Å². The van der Waals surface area contributed by atoms with E-state index in [0.29, 0.717) is 12.1 Å². The number of aliphatic hydroxyl groups excluding tert-OH is 1. The minimum absolute atomic E-state index is 0.0547. The molecule has 0 saturated heterocycles. The van der Waals surface area contributed by atoms with Crippen LogP contribution in [0.2, 0.25) is 0 Å². The second-order valence-electron chi connectivity index (χ2n) is 5.98. The van der Waals surface area contributed by atoms with Crippen molar-refractivity contribution in [3.63, 3.8) is 0 Å². The van der Waals surface area contributed by atoms with Gasteiger partial charge < -0.3 is 10.4 Å². The van der Waals surface area contributed by atoms with E-state index in [4.69, 9.17) is 5.11 Å². The number of amides is 1. The first kappa shape index (κ1) is 14.0. The molecule has 3 rings (SSSR count). The van der Waals surface area contributed by atoms with E-state index in [1.807, 2.05) is 37.3 Å². The van der Waals surface area contributed by atoms with E-state index in [2.05, 4.69) is 10.3 Å². The van der Waals surface area contributed by atoms with E-state index >= 15 is 0 Å². The van der Waals surface area contributed by atoms with Gasteiger partial charge in [-0.2, -0.15) is 0 Å². The van der Waals surface area contributed by atoms with Crippen LogP contribution in [0.3, 0.4) is 0 Å². The third-order valence-electron chi connectivity index (χ3n) is 4.31. The first-order chi connectivity index (χ1) is 10.1. The van der Waals surface area contributed by atoms with Gasteiger partial charge in [0.15, 0.2) is 0 Å². The summed E-state index contributed by atoms with van der Waals surface area (Å²) in [6.07, 6.45) is 2.94. The summed E-state index contributed by atoms with van der Waals surface area (Å²) in [6.45, 7) is 2.73. The van der Waals surface area contributed by atoms with Gasteiger partial charge >= 0.3 is 0 Å². The lowest BCUT2D eigenvalue weighted by Gasteiger charge is -2.15.